The van der Waals surface area contributed by atoms with Gasteiger partial charge in [-0.1, -0.05) is 115 Å². The van der Waals surface area contributed by atoms with Gasteiger partial charge in [-0.2, -0.15) is 8.42 Å². The molecule has 0 radical (unpaired) electrons. The molecule has 0 spiro atoms. The van der Waals surface area contributed by atoms with Crippen molar-refractivity contribution in [2.24, 2.45) is 0 Å². The zero-order chi connectivity index (χ0) is 45.4. The second-order valence-corrected chi connectivity index (χ2v) is 16.7. The van der Waals surface area contributed by atoms with Crippen LogP contribution >= 0.6 is 0 Å². The first kappa shape index (κ1) is 59.2. The van der Waals surface area contributed by atoms with Crippen molar-refractivity contribution in [1.29, 1.82) is 0 Å². The molecule has 0 saturated heterocycles. The van der Waals surface area contributed by atoms with E-state index in [-0.39, 0.29) is 30.7 Å². The standard InChI is InChI=1S/C47H86O15S/c1-3-4-5-6-7-8-9-10-11-12-13-14-15-16-17-18-47(48)61-43-41-59-39-37-57-35-33-55-31-29-53-27-25-51-23-24-52-26-28-54-30-32-56-34-36-58-38-40-60-42-44-62-63(49,50)46-21-19-45(2)20-22-46/h19-22H,3-18,23-44H2,1-2H3. The topological polar surface area (TPSA) is 162 Å². The third kappa shape index (κ3) is 42.6. The van der Waals surface area contributed by atoms with Crippen molar-refractivity contribution in [2.45, 2.75) is 121 Å². The number of carbonyl (C=O) groups is 1. The molecule has 0 bridgehead atoms. The van der Waals surface area contributed by atoms with Crippen LogP contribution in [-0.4, -0.2) is 160 Å². The highest BCUT2D eigenvalue weighted by Gasteiger charge is 2.14. The Balaban J connectivity index is 1.66. The van der Waals surface area contributed by atoms with Crippen molar-refractivity contribution in [3.05, 3.63) is 29.8 Å². The van der Waals surface area contributed by atoms with Crippen molar-refractivity contribution in [3.8, 4) is 0 Å². The van der Waals surface area contributed by atoms with Crippen LogP contribution in [0.15, 0.2) is 29.2 Å². The minimum Gasteiger partial charge on any atom is -0.463 e. The van der Waals surface area contributed by atoms with E-state index in [4.69, 9.17) is 56.3 Å². The molecule has 0 unspecified atom stereocenters. The van der Waals surface area contributed by atoms with Crippen LogP contribution in [0.25, 0.3) is 0 Å². The van der Waals surface area contributed by atoms with Crippen LogP contribution in [0.4, 0.5) is 0 Å². The van der Waals surface area contributed by atoms with Gasteiger partial charge in [-0.15, -0.1) is 0 Å². The van der Waals surface area contributed by atoms with Gasteiger partial charge in [0.2, 0.25) is 0 Å². The Morgan fingerprint density at radius 3 is 0.968 bits per heavy atom. The lowest BCUT2D eigenvalue weighted by Gasteiger charge is -2.09. The molecule has 0 heterocycles. The normalized spacial score (nSPS) is 11.8. The van der Waals surface area contributed by atoms with Gasteiger partial charge in [0.25, 0.3) is 10.1 Å². The lowest BCUT2D eigenvalue weighted by atomic mass is 10.0. The summed E-state index contributed by atoms with van der Waals surface area (Å²) in [4.78, 5) is 12.0. The Kier molecular flexibility index (Phi) is 43.9. The fraction of sp³-hybridized carbons (Fsp3) is 0.851. The molecular formula is C47H86O15S. The van der Waals surface area contributed by atoms with E-state index in [1.165, 1.54) is 95.6 Å². The average molecular weight is 923 g/mol. The summed E-state index contributed by atoms with van der Waals surface area (Å²) < 4.78 is 89.2. The van der Waals surface area contributed by atoms with E-state index >= 15 is 0 Å². The summed E-state index contributed by atoms with van der Waals surface area (Å²) >= 11 is 0. The molecule has 0 aliphatic rings. The number of carbonyl (C=O) groups excluding carboxylic acids is 1. The van der Waals surface area contributed by atoms with Gasteiger partial charge in [0, 0.05) is 6.42 Å². The second kappa shape index (κ2) is 46.7. The SMILES string of the molecule is CCCCCCCCCCCCCCCCCC(=O)OCCOCCOCCOCCOCCOCCOCCOCCOCCOCCOCCOS(=O)(=O)c1ccc(C)cc1. The fourth-order valence-corrected chi connectivity index (χ4v) is 6.88. The minimum atomic E-state index is -3.78. The number of ether oxygens (including phenoxy) is 11. The Hall–Kier alpha value is -1.80. The number of rotatable bonds is 51. The molecular weight excluding hydrogens is 837 g/mol. The number of hydrogen-bond acceptors (Lipinski definition) is 15. The average Bonchev–Trinajstić information content (AvgIpc) is 3.28. The van der Waals surface area contributed by atoms with Gasteiger partial charge in [-0.05, 0) is 25.5 Å². The summed E-state index contributed by atoms with van der Waals surface area (Å²) in [5.74, 6) is -0.138. The molecule has 0 fully saturated rings. The molecule has 370 valence electrons. The van der Waals surface area contributed by atoms with E-state index in [1.54, 1.807) is 12.1 Å². The van der Waals surface area contributed by atoms with E-state index in [1.807, 2.05) is 6.92 Å². The predicted molar refractivity (Wildman–Crippen MR) is 243 cm³/mol. The lowest BCUT2D eigenvalue weighted by molar-refractivity contribution is -0.145. The van der Waals surface area contributed by atoms with E-state index in [9.17, 15) is 13.2 Å². The van der Waals surface area contributed by atoms with Crippen LogP contribution in [0.5, 0.6) is 0 Å². The molecule has 15 nitrogen and oxygen atoms in total. The Morgan fingerprint density at radius 1 is 0.381 bits per heavy atom. The zero-order valence-electron chi connectivity index (χ0n) is 39.2. The lowest BCUT2D eigenvalue weighted by Crippen LogP contribution is -2.16. The monoisotopic (exact) mass is 923 g/mol. The first-order valence-corrected chi connectivity index (χ1v) is 25.3. The summed E-state index contributed by atoms with van der Waals surface area (Å²) in [7, 11) is -3.78. The molecule has 1 rings (SSSR count). The smallest absolute Gasteiger partial charge is 0.305 e. The predicted octanol–water partition coefficient (Wildman–Crippen LogP) is 7.67. The Bertz CT molecular complexity index is 1210. The maximum absolute atomic E-state index is 12.1. The van der Waals surface area contributed by atoms with Crippen molar-refractivity contribution in [2.75, 3.05) is 145 Å². The van der Waals surface area contributed by atoms with E-state index in [2.05, 4.69) is 6.92 Å². The van der Waals surface area contributed by atoms with Gasteiger partial charge in [0.15, 0.2) is 0 Å². The highest BCUT2D eigenvalue weighted by molar-refractivity contribution is 7.86. The highest BCUT2D eigenvalue weighted by Crippen LogP contribution is 2.15. The largest absolute Gasteiger partial charge is 0.463 e. The first-order valence-electron chi connectivity index (χ1n) is 23.8. The zero-order valence-corrected chi connectivity index (χ0v) is 40.0. The molecule has 0 atom stereocenters. The van der Waals surface area contributed by atoms with Gasteiger partial charge in [-0.3, -0.25) is 8.98 Å². The molecule has 0 aromatic heterocycles. The summed E-state index contributed by atoms with van der Waals surface area (Å²) in [6, 6.07) is 6.48. The third-order valence-corrected chi connectivity index (χ3v) is 10.9. The van der Waals surface area contributed by atoms with Gasteiger partial charge >= 0.3 is 5.97 Å². The first-order chi connectivity index (χ1) is 31.0. The van der Waals surface area contributed by atoms with Gasteiger partial charge in [0.05, 0.1) is 144 Å². The van der Waals surface area contributed by atoms with Gasteiger partial charge < -0.3 is 52.1 Å². The van der Waals surface area contributed by atoms with E-state index in [0.29, 0.717) is 132 Å². The molecule has 0 aliphatic heterocycles. The van der Waals surface area contributed by atoms with E-state index in [0.717, 1.165) is 18.4 Å². The molecule has 1 aromatic carbocycles. The number of aryl methyl sites for hydroxylation is 1. The highest BCUT2D eigenvalue weighted by atomic mass is 32.2. The fourth-order valence-electron chi connectivity index (χ4n) is 5.98. The summed E-state index contributed by atoms with van der Waals surface area (Å²) in [6.45, 7) is 13.0. The number of benzene rings is 1. The van der Waals surface area contributed by atoms with Crippen LogP contribution in [-0.2, 0) is 71.2 Å². The van der Waals surface area contributed by atoms with Crippen LogP contribution < -0.4 is 0 Å². The molecule has 0 amide bonds. The Morgan fingerprint density at radius 2 is 0.651 bits per heavy atom. The number of esters is 1. The van der Waals surface area contributed by atoms with Crippen molar-refractivity contribution < 1.29 is 69.5 Å². The molecule has 16 heteroatoms. The van der Waals surface area contributed by atoms with Gasteiger partial charge in [-0.25, -0.2) is 0 Å². The number of unbranched alkanes of at least 4 members (excludes halogenated alkanes) is 14. The molecule has 0 N–H and O–H groups in total. The number of hydrogen-bond donors (Lipinski definition) is 0. The minimum absolute atomic E-state index is 0.0631. The van der Waals surface area contributed by atoms with Crippen molar-refractivity contribution in [3.63, 3.8) is 0 Å². The maximum Gasteiger partial charge on any atom is 0.305 e. The van der Waals surface area contributed by atoms with Crippen molar-refractivity contribution in [1.82, 2.24) is 0 Å². The summed E-state index contributed by atoms with van der Waals surface area (Å²) in [5.41, 5.74) is 0.973. The third-order valence-electron chi connectivity index (χ3n) is 9.60. The maximum atomic E-state index is 12.1. The Labute approximate surface area is 381 Å². The summed E-state index contributed by atoms with van der Waals surface area (Å²) in [6.07, 6.45) is 20.1. The molecule has 1 aromatic rings. The van der Waals surface area contributed by atoms with E-state index < -0.39 is 10.1 Å². The van der Waals surface area contributed by atoms with Crippen LogP contribution in [0.1, 0.15) is 115 Å². The quantitative estimate of drug-likeness (QED) is 0.0355. The second-order valence-electron chi connectivity index (χ2n) is 15.1. The molecule has 0 saturated carbocycles. The van der Waals surface area contributed by atoms with Gasteiger partial charge in [0.1, 0.15) is 6.61 Å². The van der Waals surface area contributed by atoms with Crippen molar-refractivity contribution >= 4 is 16.1 Å². The van der Waals surface area contributed by atoms with Crippen LogP contribution in [0, 0.1) is 6.92 Å². The van der Waals surface area contributed by atoms with Crippen LogP contribution in [0.3, 0.4) is 0 Å². The molecule has 63 heavy (non-hydrogen) atoms. The van der Waals surface area contributed by atoms with Crippen LogP contribution in [0.2, 0.25) is 0 Å². The molecule has 0 aliphatic carbocycles. The summed E-state index contributed by atoms with van der Waals surface area (Å²) in [5, 5.41) is 0.